The third-order valence-electron chi connectivity index (χ3n) is 4.19. The van der Waals surface area contributed by atoms with Gasteiger partial charge >= 0.3 is 0 Å². The first-order valence-electron chi connectivity index (χ1n) is 7.80. The minimum Gasteiger partial charge on any atom is -0.371 e. The number of imidazole rings is 1. The highest BCUT2D eigenvalue weighted by atomic mass is 19.1. The zero-order valence-electron chi connectivity index (χ0n) is 12.7. The Morgan fingerprint density at radius 2 is 2.04 bits per heavy atom. The van der Waals surface area contributed by atoms with E-state index in [1.54, 1.807) is 12.1 Å². The van der Waals surface area contributed by atoms with Gasteiger partial charge in [0.15, 0.2) is 0 Å². The second-order valence-corrected chi connectivity index (χ2v) is 5.84. The zero-order valence-corrected chi connectivity index (χ0v) is 12.7. The van der Waals surface area contributed by atoms with Crippen molar-refractivity contribution in [1.82, 2.24) is 14.3 Å². The van der Waals surface area contributed by atoms with Crippen molar-refractivity contribution in [2.45, 2.75) is 12.6 Å². The molecule has 1 fully saturated rings. The highest BCUT2D eigenvalue weighted by Gasteiger charge is 2.22. The molecular weight excluding hydrogens is 293 g/mol. The molecule has 0 radical (unpaired) electrons. The van der Waals surface area contributed by atoms with Crippen molar-refractivity contribution in [1.29, 1.82) is 0 Å². The van der Waals surface area contributed by atoms with Crippen LogP contribution >= 0.6 is 0 Å². The summed E-state index contributed by atoms with van der Waals surface area (Å²) in [4.78, 5) is 6.98. The van der Waals surface area contributed by atoms with Gasteiger partial charge in [-0.2, -0.15) is 0 Å². The van der Waals surface area contributed by atoms with Gasteiger partial charge in [0, 0.05) is 32.0 Å². The van der Waals surface area contributed by atoms with Crippen LogP contribution in [0.15, 0.2) is 54.9 Å². The maximum Gasteiger partial charge on any atom is 0.137 e. The molecule has 23 heavy (non-hydrogen) atoms. The van der Waals surface area contributed by atoms with E-state index in [4.69, 9.17) is 4.74 Å². The van der Waals surface area contributed by atoms with Gasteiger partial charge in [0.2, 0.25) is 0 Å². The normalized spacial score (nSPS) is 19.3. The number of hydrogen-bond donors (Lipinski definition) is 0. The predicted molar refractivity (Wildman–Crippen MR) is 85.6 cm³/mol. The van der Waals surface area contributed by atoms with Gasteiger partial charge in [0.25, 0.3) is 0 Å². The van der Waals surface area contributed by atoms with E-state index in [0.717, 1.165) is 36.5 Å². The summed E-state index contributed by atoms with van der Waals surface area (Å²) in [6.45, 7) is 3.14. The molecule has 0 bridgehead atoms. The minimum atomic E-state index is -0.217. The fourth-order valence-corrected chi connectivity index (χ4v) is 3.02. The van der Waals surface area contributed by atoms with Crippen LogP contribution in [-0.2, 0) is 11.3 Å². The first-order valence-corrected chi connectivity index (χ1v) is 7.80. The average Bonchev–Trinajstić information content (AvgIpc) is 2.98. The molecule has 3 aromatic rings. The Kier molecular flexibility index (Phi) is 3.81. The molecule has 0 N–H and O–H groups in total. The van der Waals surface area contributed by atoms with Crippen LogP contribution in [0.1, 0.15) is 17.4 Å². The summed E-state index contributed by atoms with van der Waals surface area (Å²) in [7, 11) is 0. The fourth-order valence-electron chi connectivity index (χ4n) is 3.02. The Hall–Kier alpha value is -2.24. The molecule has 0 aliphatic carbocycles. The number of pyridine rings is 1. The van der Waals surface area contributed by atoms with Crippen LogP contribution in [0.2, 0.25) is 0 Å². The lowest BCUT2D eigenvalue weighted by molar-refractivity contribution is -0.0332. The number of aromatic nitrogens is 2. The van der Waals surface area contributed by atoms with Crippen molar-refractivity contribution in [3.63, 3.8) is 0 Å². The summed E-state index contributed by atoms with van der Waals surface area (Å²) in [6.07, 6.45) is 4.06. The van der Waals surface area contributed by atoms with E-state index < -0.39 is 0 Å². The number of fused-ring (bicyclic) bond motifs is 1. The second kappa shape index (κ2) is 6.10. The van der Waals surface area contributed by atoms with E-state index in [9.17, 15) is 4.39 Å². The van der Waals surface area contributed by atoms with Crippen molar-refractivity contribution in [2.24, 2.45) is 0 Å². The summed E-state index contributed by atoms with van der Waals surface area (Å²) < 4.78 is 20.9. The Morgan fingerprint density at radius 1 is 1.17 bits per heavy atom. The number of halogens is 1. The van der Waals surface area contributed by atoms with Crippen LogP contribution in [0.25, 0.3) is 5.65 Å². The van der Waals surface area contributed by atoms with Crippen LogP contribution in [0.5, 0.6) is 0 Å². The third kappa shape index (κ3) is 3.11. The standard InChI is InChI=1S/C18H18FN3O/c19-15-6-4-14(5-7-15)17-13-21(9-10-23-17)11-16-12-22-8-2-1-3-18(22)20-16/h1-8,12,17H,9-11,13H2/t17-/m0/s1. The number of morpholine rings is 1. The Bertz CT molecular complexity index is 766. The van der Waals surface area contributed by atoms with Gasteiger partial charge in [-0.1, -0.05) is 18.2 Å². The maximum absolute atomic E-state index is 13.1. The Labute approximate surface area is 134 Å². The number of rotatable bonds is 3. The van der Waals surface area contributed by atoms with Crippen molar-refractivity contribution >= 4 is 5.65 Å². The van der Waals surface area contributed by atoms with Gasteiger partial charge in [-0.25, -0.2) is 9.37 Å². The molecule has 0 amide bonds. The van der Waals surface area contributed by atoms with Gasteiger partial charge in [0.05, 0.1) is 18.4 Å². The van der Waals surface area contributed by atoms with Crippen molar-refractivity contribution < 1.29 is 9.13 Å². The Balaban J connectivity index is 1.47. The van der Waals surface area contributed by atoms with Crippen LogP contribution in [0.3, 0.4) is 0 Å². The topological polar surface area (TPSA) is 29.8 Å². The van der Waals surface area contributed by atoms with Crippen molar-refractivity contribution in [3.05, 3.63) is 71.9 Å². The minimum absolute atomic E-state index is 0.0126. The molecule has 4 rings (SSSR count). The number of hydrogen-bond acceptors (Lipinski definition) is 3. The smallest absolute Gasteiger partial charge is 0.137 e. The van der Waals surface area contributed by atoms with Gasteiger partial charge in [-0.3, -0.25) is 4.90 Å². The molecule has 1 aliphatic rings. The summed E-state index contributed by atoms with van der Waals surface area (Å²) in [5.74, 6) is -0.217. The largest absolute Gasteiger partial charge is 0.371 e. The van der Waals surface area contributed by atoms with Gasteiger partial charge in [-0.15, -0.1) is 0 Å². The van der Waals surface area contributed by atoms with Crippen molar-refractivity contribution in [2.75, 3.05) is 19.7 Å². The number of ether oxygens (including phenoxy) is 1. The lowest BCUT2D eigenvalue weighted by Crippen LogP contribution is -2.37. The molecule has 0 saturated carbocycles. The monoisotopic (exact) mass is 311 g/mol. The highest BCUT2D eigenvalue weighted by molar-refractivity contribution is 5.39. The van der Waals surface area contributed by atoms with Crippen LogP contribution in [0, 0.1) is 5.82 Å². The molecule has 1 saturated heterocycles. The molecule has 0 spiro atoms. The summed E-state index contributed by atoms with van der Waals surface area (Å²) in [5.41, 5.74) is 3.04. The fraction of sp³-hybridized carbons (Fsp3) is 0.278. The lowest BCUT2D eigenvalue weighted by Gasteiger charge is -2.32. The number of benzene rings is 1. The molecule has 1 atom stereocenters. The quantitative estimate of drug-likeness (QED) is 0.744. The lowest BCUT2D eigenvalue weighted by atomic mass is 10.1. The van der Waals surface area contributed by atoms with Crippen LogP contribution < -0.4 is 0 Å². The summed E-state index contributed by atoms with van der Waals surface area (Å²) in [6, 6.07) is 12.6. The third-order valence-corrected chi connectivity index (χ3v) is 4.19. The predicted octanol–water partition coefficient (Wildman–Crippen LogP) is 3.05. The highest BCUT2D eigenvalue weighted by Crippen LogP contribution is 2.23. The van der Waals surface area contributed by atoms with Gasteiger partial charge in [0.1, 0.15) is 11.5 Å². The van der Waals surface area contributed by atoms with Gasteiger partial charge in [-0.05, 0) is 29.8 Å². The van der Waals surface area contributed by atoms with E-state index in [1.807, 2.05) is 28.8 Å². The van der Waals surface area contributed by atoms with Gasteiger partial charge < -0.3 is 9.14 Å². The van der Waals surface area contributed by atoms with E-state index >= 15 is 0 Å². The summed E-state index contributed by atoms with van der Waals surface area (Å²) >= 11 is 0. The van der Waals surface area contributed by atoms with E-state index in [1.165, 1.54) is 12.1 Å². The SMILES string of the molecule is Fc1ccc([C@@H]2CN(Cc3cn4ccccc4n3)CCO2)cc1. The second-order valence-electron chi connectivity index (χ2n) is 5.84. The molecule has 118 valence electrons. The molecule has 5 heteroatoms. The Morgan fingerprint density at radius 3 is 2.87 bits per heavy atom. The molecule has 4 nitrogen and oxygen atoms in total. The van der Waals surface area contributed by atoms with Crippen molar-refractivity contribution in [3.8, 4) is 0 Å². The van der Waals surface area contributed by atoms with Crippen LogP contribution in [0.4, 0.5) is 4.39 Å². The maximum atomic E-state index is 13.1. The molecule has 1 aromatic carbocycles. The first-order chi connectivity index (χ1) is 11.3. The van der Waals surface area contributed by atoms with Crippen LogP contribution in [-0.4, -0.2) is 34.0 Å². The number of nitrogens with zero attached hydrogens (tertiary/aromatic N) is 3. The molecule has 0 unspecified atom stereocenters. The average molecular weight is 311 g/mol. The molecule has 2 aromatic heterocycles. The molecule has 3 heterocycles. The van der Waals surface area contributed by atoms with E-state index in [0.29, 0.717) is 6.61 Å². The molecular formula is C18H18FN3O. The van der Waals surface area contributed by atoms with E-state index in [2.05, 4.69) is 16.1 Å². The van der Waals surface area contributed by atoms with E-state index in [-0.39, 0.29) is 11.9 Å². The zero-order chi connectivity index (χ0) is 15.6. The molecule has 1 aliphatic heterocycles. The first kappa shape index (κ1) is 14.4. The summed E-state index contributed by atoms with van der Waals surface area (Å²) in [5, 5.41) is 0.